The molecule has 0 aliphatic rings. The van der Waals surface area contributed by atoms with Gasteiger partial charge in [0.15, 0.2) is 0 Å². The largest absolute Gasteiger partial charge is 0.394 e. The second-order valence-electron chi connectivity index (χ2n) is 2.67. The molecule has 0 spiro atoms. The third-order valence-electron chi connectivity index (χ3n) is 1.60. The lowest BCUT2D eigenvalue weighted by molar-refractivity contribution is 0.0955. The lowest BCUT2D eigenvalue weighted by Gasteiger charge is -2.06. The van der Waals surface area contributed by atoms with E-state index in [0.717, 1.165) is 10.0 Å². The predicted molar refractivity (Wildman–Crippen MR) is 50.9 cm³/mol. The highest BCUT2D eigenvalue weighted by molar-refractivity contribution is 9.10. The molecule has 1 atom stereocenters. The highest BCUT2D eigenvalue weighted by atomic mass is 79.9. The molecule has 12 heavy (non-hydrogen) atoms. The van der Waals surface area contributed by atoms with Gasteiger partial charge in [-0.1, -0.05) is 28.1 Å². The van der Waals surface area contributed by atoms with E-state index in [0.29, 0.717) is 6.42 Å². The first-order valence-corrected chi connectivity index (χ1v) is 4.55. The summed E-state index contributed by atoms with van der Waals surface area (Å²) in [6.07, 6.45) is -0.143. The van der Waals surface area contributed by atoms with Crippen molar-refractivity contribution in [1.82, 2.24) is 0 Å². The Bertz CT molecular complexity index is 233. The normalized spacial score (nSPS) is 12.9. The van der Waals surface area contributed by atoms with E-state index in [1.54, 1.807) is 0 Å². The van der Waals surface area contributed by atoms with E-state index in [9.17, 15) is 0 Å². The van der Waals surface area contributed by atoms with Crippen LogP contribution in [-0.4, -0.2) is 22.9 Å². The molecule has 0 amide bonds. The minimum atomic E-state index is -0.647. The Morgan fingerprint density at radius 1 is 1.25 bits per heavy atom. The Morgan fingerprint density at radius 3 is 2.33 bits per heavy atom. The summed E-state index contributed by atoms with van der Waals surface area (Å²) in [4.78, 5) is 0. The fraction of sp³-hybridized carbons (Fsp3) is 0.333. The van der Waals surface area contributed by atoms with Gasteiger partial charge >= 0.3 is 0 Å². The summed E-state index contributed by atoms with van der Waals surface area (Å²) >= 11 is 3.32. The van der Waals surface area contributed by atoms with Crippen molar-refractivity contribution in [3.05, 3.63) is 34.3 Å². The molecule has 1 aromatic carbocycles. The lowest BCUT2D eigenvalue weighted by atomic mass is 10.1. The van der Waals surface area contributed by atoms with Crippen molar-refractivity contribution in [2.45, 2.75) is 12.5 Å². The van der Waals surface area contributed by atoms with Crippen LogP contribution in [0.5, 0.6) is 0 Å². The zero-order valence-corrected chi connectivity index (χ0v) is 8.16. The number of aliphatic hydroxyl groups excluding tert-OH is 2. The number of rotatable bonds is 3. The van der Waals surface area contributed by atoms with E-state index in [-0.39, 0.29) is 6.61 Å². The molecule has 0 aliphatic carbocycles. The summed E-state index contributed by atoms with van der Waals surface area (Å²) in [5, 5.41) is 17.7. The van der Waals surface area contributed by atoms with Crippen molar-refractivity contribution in [3.63, 3.8) is 0 Å². The quantitative estimate of drug-likeness (QED) is 0.824. The minimum Gasteiger partial charge on any atom is -0.394 e. The van der Waals surface area contributed by atoms with Crippen LogP contribution in [0.25, 0.3) is 0 Å². The minimum absolute atomic E-state index is 0.184. The fourth-order valence-electron chi connectivity index (χ4n) is 0.957. The Hall–Kier alpha value is -0.380. The number of halogens is 1. The molecule has 0 bridgehead atoms. The van der Waals surface area contributed by atoms with Gasteiger partial charge < -0.3 is 10.2 Å². The first kappa shape index (κ1) is 9.71. The Kier molecular flexibility index (Phi) is 3.72. The van der Waals surface area contributed by atoms with Crippen LogP contribution in [0.1, 0.15) is 5.56 Å². The summed E-state index contributed by atoms with van der Waals surface area (Å²) in [6.45, 7) is -0.184. The Morgan fingerprint density at radius 2 is 1.83 bits per heavy atom. The van der Waals surface area contributed by atoms with Gasteiger partial charge in [-0.25, -0.2) is 0 Å². The van der Waals surface area contributed by atoms with Gasteiger partial charge in [-0.15, -0.1) is 0 Å². The van der Waals surface area contributed by atoms with Crippen LogP contribution in [0.2, 0.25) is 0 Å². The molecule has 2 nitrogen and oxygen atoms in total. The molecule has 0 saturated carbocycles. The van der Waals surface area contributed by atoms with Crippen LogP contribution >= 0.6 is 15.9 Å². The Labute approximate surface area is 80.0 Å². The molecule has 0 fully saturated rings. The smallest absolute Gasteiger partial charge is 0.0811 e. The maximum Gasteiger partial charge on any atom is 0.0811 e. The highest BCUT2D eigenvalue weighted by Crippen LogP contribution is 2.11. The van der Waals surface area contributed by atoms with Crippen LogP contribution in [0, 0.1) is 0 Å². The summed E-state index contributed by atoms with van der Waals surface area (Å²) in [5.74, 6) is 0. The van der Waals surface area contributed by atoms with E-state index in [4.69, 9.17) is 10.2 Å². The molecule has 0 heterocycles. The van der Waals surface area contributed by atoms with Crippen molar-refractivity contribution < 1.29 is 10.2 Å². The van der Waals surface area contributed by atoms with Crippen LogP contribution in [0.3, 0.4) is 0 Å². The van der Waals surface area contributed by atoms with Gasteiger partial charge in [0, 0.05) is 10.9 Å². The molecule has 0 aliphatic heterocycles. The van der Waals surface area contributed by atoms with Crippen molar-refractivity contribution in [3.8, 4) is 0 Å². The molecule has 0 radical (unpaired) electrons. The summed E-state index contributed by atoms with van der Waals surface area (Å²) < 4.78 is 1.02. The van der Waals surface area contributed by atoms with Crippen molar-refractivity contribution >= 4 is 15.9 Å². The van der Waals surface area contributed by atoms with Gasteiger partial charge in [0.25, 0.3) is 0 Å². The summed E-state index contributed by atoms with van der Waals surface area (Å²) in [5.41, 5.74) is 1.03. The maximum atomic E-state index is 9.12. The van der Waals surface area contributed by atoms with E-state index >= 15 is 0 Å². The molecule has 1 rings (SSSR count). The zero-order chi connectivity index (χ0) is 8.97. The molecule has 0 saturated heterocycles. The second-order valence-corrected chi connectivity index (χ2v) is 3.58. The predicted octanol–water partition coefficient (Wildman–Crippen LogP) is 1.34. The lowest BCUT2D eigenvalue weighted by Crippen LogP contribution is -2.14. The molecule has 1 unspecified atom stereocenters. The molecule has 66 valence electrons. The summed E-state index contributed by atoms with van der Waals surface area (Å²) in [6, 6.07) is 7.67. The third kappa shape index (κ3) is 2.93. The first-order chi connectivity index (χ1) is 5.72. The van der Waals surface area contributed by atoms with Crippen LogP contribution in [0.15, 0.2) is 28.7 Å². The van der Waals surface area contributed by atoms with Gasteiger partial charge in [0.05, 0.1) is 12.7 Å². The molecular weight excluding hydrogens is 220 g/mol. The molecule has 1 aromatic rings. The van der Waals surface area contributed by atoms with Crippen LogP contribution in [0.4, 0.5) is 0 Å². The van der Waals surface area contributed by atoms with Gasteiger partial charge in [-0.3, -0.25) is 0 Å². The van der Waals surface area contributed by atoms with Gasteiger partial charge in [0.2, 0.25) is 0 Å². The molecule has 0 aromatic heterocycles. The SMILES string of the molecule is OCC(O)Cc1ccc(Br)cc1. The number of hydrogen-bond acceptors (Lipinski definition) is 2. The molecule has 3 heteroatoms. The Balaban J connectivity index is 2.58. The van der Waals surface area contributed by atoms with E-state index in [2.05, 4.69) is 15.9 Å². The van der Waals surface area contributed by atoms with Crippen LogP contribution < -0.4 is 0 Å². The monoisotopic (exact) mass is 230 g/mol. The fourth-order valence-corrected chi connectivity index (χ4v) is 1.22. The van der Waals surface area contributed by atoms with Crippen molar-refractivity contribution in [2.75, 3.05) is 6.61 Å². The van der Waals surface area contributed by atoms with Gasteiger partial charge in [-0.05, 0) is 17.7 Å². The number of aliphatic hydroxyl groups is 2. The summed E-state index contributed by atoms with van der Waals surface area (Å²) in [7, 11) is 0. The molecular formula is C9H11BrO2. The van der Waals surface area contributed by atoms with Crippen molar-refractivity contribution in [2.24, 2.45) is 0 Å². The number of hydrogen-bond donors (Lipinski definition) is 2. The standard InChI is InChI=1S/C9H11BrO2/c10-8-3-1-7(2-4-8)5-9(12)6-11/h1-4,9,11-12H,5-6H2. The van der Waals surface area contributed by atoms with Gasteiger partial charge in [0.1, 0.15) is 0 Å². The average molecular weight is 231 g/mol. The third-order valence-corrected chi connectivity index (χ3v) is 2.12. The zero-order valence-electron chi connectivity index (χ0n) is 6.57. The van der Waals surface area contributed by atoms with E-state index < -0.39 is 6.10 Å². The van der Waals surface area contributed by atoms with Crippen LogP contribution in [-0.2, 0) is 6.42 Å². The van der Waals surface area contributed by atoms with E-state index in [1.807, 2.05) is 24.3 Å². The highest BCUT2D eigenvalue weighted by Gasteiger charge is 2.02. The topological polar surface area (TPSA) is 40.5 Å². The van der Waals surface area contributed by atoms with Crippen molar-refractivity contribution in [1.29, 1.82) is 0 Å². The number of benzene rings is 1. The first-order valence-electron chi connectivity index (χ1n) is 3.75. The second kappa shape index (κ2) is 4.60. The maximum absolute atomic E-state index is 9.12. The molecule has 2 N–H and O–H groups in total. The van der Waals surface area contributed by atoms with E-state index in [1.165, 1.54) is 0 Å². The average Bonchev–Trinajstić information content (AvgIpc) is 2.09. The van der Waals surface area contributed by atoms with Gasteiger partial charge in [-0.2, -0.15) is 0 Å².